The zero-order valence-corrected chi connectivity index (χ0v) is 18.0. The Morgan fingerprint density at radius 3 is 2.77 bits per heavy atom. The number of amides is 1. The molecule has 2 fully saturated rings. The van der Waals surface area contributed by atoms with E-state index in [2.05, 4.69) is 34.0 Å². The van der Waals surface area contributed by atoms with Crippen LogP contribution in [0, 0.1) is 0 Å². The van der Waals surface area contributed by atoms with E-state index in [-0.39, 0.29) is 11.3 Å². The summed E-state index contributed by atoms with van der Waals surface area (Å²) in [5.41, 5.74) is 3.52. The van der Waals surface area contributed by atoms with Crippen molar-refractivity contribution in [2.24, 2.45) is 0 Å². The van der Waals surface area contributed by atoms with Crippen molar-refractivity contribution in [1.29, 1.82) is 0 Å². The molecule has 1 spiro atoms. The average molecular weight is 405 g/mol. The second kappa shape index (κ2) is 8.10. The number of fused-ring (bicyclic) bond motifs is 2. The number of piperidine rings is 1. The van der Waals surface area contributed by atoms with Crippen LogP contribution in [0.5, 0.6) is 0 Å². The topological polar surface area (TPSA) is 49.3 Å². The molecule has 1 aromatic heterocycles. The molecular formula is C25H32N4O. The lowest BCUT2D eigenvalue weighted by Gasteiger charge is -2.41. The molecule has 1 amide bonds. The number of hydrogen-bond donors (Lipinski definition) is 0. The Hall–Kier alpha value is -2.27. The van der Waals surface area contributed by atoms with Gasteiger partial charge in [-0.1, -0.05) is 43.2 Å². The Labute approximate surface area is 179 Å². The zero-order chi connectivity index (χ0) is 20.6. The molecule has 3 aliphatic rings. The van der Waals surface area contributed by atoms with Crippen molar-refractivity contribution < 1.29 is 4.79 Å². The largest absolute Gasteiger partial charge is 0.341 e. The molecule has 1 unspecified atom stereocenters. The molecule has 1 aliphatic heterocycles. The van der Waals surface area contributed by atoms with Crippen LogP contribution in [0.3, 0.4) is 0 Å². The number of carbonyl (C=O) groups is 1. The van der Waals surface area contributed by atoms with Crippen molar-refractivity contribution in [3.63, 3.8) is 0 Å². The number of hydrogen-bond acceptors (Lipinski definition) is 4. The average Bonchev–Trinajstić information content (AvgIpc) is 3.44. The van der Waals surface area contributed by atoms with Crippen LogP contribution in [-0.4, -0.2) is 58.4 Å². The van der Waals surface area contributed by atoms with Gasteiger partial charge < -0.3 is 4.90 Å². The summed E-state index contributed by atoms with van der Waals surface area (Å²) in [6.45, 7) is 2.24. The van der Waals surface area contributed by atoms with Gasteiger partial charge in [0.1, 0.15) is 0 Å². The zero-order valence-electron chi connectivity index (χ0n) is 18.0. The van der Waals surface area contributed by atoms with Crippen LogP contribution in [0.2, 0.25) is 0 Å². The Kier molecular flexibility index (Phi) is 5.32. The summed E-state index contributed by atoms with van der Waals surface area (Å²) in [5.74, 6) is 1.09. The van der Waals surface area contributed by atoms with Gasteiger partial charge in [-0.2, -0.15) is 0 Å². The van der Waals surface area contributed by atoms with Crippen molar-refractivity contribution in [3.05, 3.63) is 47.8 Å². The first-order valence-electron chi connectivity index (χ1n) is 11.5. The number of carbonyl (C=O) groups excluding carboxylic acids is 1. The van der Waals surface area contributed by atoms with E-state index in [1.807, 2.05) is 24.4 Å². The molecule has 5 heteroatoms. The molecule has 0 bridgehead atoms. The van der Waals surface area contributed by atoms with Gasteiger partial charge in [0.2, 0.25) is 5.91 Å². The van der Waals surface area contributed by atoms with Crippen molar-refractivity contribution >= 4 is 5.91 Å². The number of rotatable bonds is 4. The van der Waals surface area contributed by atoms with Gasteiger partial charge in [0.05, 0.1) is 12.2 Å². The van der Waals surface area contributed by atoms with Crippen LogP contribution in [0.1, 0.15) is 56.2 Å². The minimum atomic E-state index is 0.00163. The molecule has 2 aromatic rings. The van der Waals surface area contributed by atoms with Crippen LogP contribution < -0.4 is 0 Å². The van der Waals surface area contributed by atoms with E-state index in [1.165, 1.54) is 36.9 Å². The molecule has 1 atom stereocenters. The number of aryl methyl sites for hydroxylation is 1. The quantitative estimate of drug-likeness (QED) is 0.777. The van der Waals surface area contributed by atoms with Gasteiger partial charge in [0, 0.05) is 36.3 Å². The van der Waals surface area contributed by atoms with Crippen LogP contribution >= 0.6 is 0 Å². The SMILES string of the molecule is CN(CC(=O)N1CCCC2(CCc3cnc(-c4ccccc4)nc32)C1)C1CCCC1. The smallest absolute Gasteiger partial charge is 0.236 e. The molecule has 30 heavy (non-hydrogen) atoms. The molecule has 1 aromatic carbocycles. The second-order valence-electron chi connectivity index (χ2n) is 9.49. The summed E-state index contributed by atoms with van der Waals surface area (Å²) in [7, 11) is 2.12. The van der Waals surface area contributed by atoms with Crippen LogP contribution in [0.25, 0.3) is 11.4 Å². The van der Waals surface area contributed by atoms with E-state index in [1.54, 1.807) is 0 Å². The van der Waals surface area contributed by atoms with Crippen LogP contribution in [0.15, 0.2) is 36.5 Å². The van der Waals surface area contributed by atoms with E-state index >= 15 is 0 Å². The highest BCUT2D eigenvalue weighted by Crippen LogP contribution is 2.44. The fraction of sp³-hybridized carbons (Fsp3) is 0.560. The Balaban J connectivity index is 1.35. The van der Waals surface area contributed by atoms with Crippen LogP contribution in [0.4, 0.5) is 0 Å². The molecular weight excluding hydrogens is 372 g/mol. The number of likely N-dealkylation sites (N-methyl/N-ethyl adjacent to an activating group) is 1. The van der Waals surface area contributed by atoms with Gasteiger partial charge in [-0.15, -0.1) is 0 Å². The summed E-state index contributed by atoms with van der Waals surface area (Å²) >= 11 is 0. The maximum atomic E-state index is 13.2. The first-order valence-corrected chi connectivity index (χ1v) is 11.5. The molecule has 1 saturated heterocycles. The molecule has 2 heterocycles. The highest BCUT2D eigenvalue weighted by molar-refractivity contribution is 5.78. The first-order chi connectivity index (χ1) is 14.6. The molecule has 2 aliphatic carbocycles. The van der Waals surface area contributed by atoms with Crippen molar-refractivity contribution in [3.8, 4) is 11.4 Å². The molecule has 5 nitrogen and oxygen atoms in total. The minimum absolute atomic E-state index is 0.00163. The third-order valence-corrected chi connectivity index (χ3v) is 7.53. The van der Waals surface area contributed by atoms with Gasteiger partial charge in [-0.05, 0) is 51.1 Å². The third-order valence-electron chi connectivity index (χ3n) is 7.53. The standard InChI is InChI=1S/C25H32N4O/c1-28(21-10-5-6-11-21)17-22(30)29-15-7-13-25(18-29)14-12-20-16-26-24(27-23(20)25)19-8-3-2-4-9-19/h2-4,8-9,16,21H,5-7,10-15,17-18H2,1H3. The van der Waals surface area contributed by atoms with Crippen molar-refractivity contribution in [1.82, 2.24) is 19.8 Å². The number of nitrogens with zero attached hydrogens (tertiary/aromatic N) is 4. The van der Waals surface area contributed by atoms with Gasteiger partial charge >= 0.3 is 0 Å². The lowest BCUT2D eigenvalue weighted by molar-refractivity contribution is -0.134. The van der Waals surface area contributed by atoms with E-state index in [4.69, 9.17) is 4.98 Å². The fourth-order valence-corrected chi connectivity index (χ4v) is 5.80. The van der Waals surface area contributed by atoms with Crippen molar-refractivity contribution in [2.45, 2.75) is 62.8 Å². The summed E-state index contributed by atoms with van der Waals surface area (Å²) in [4.78, 5) is 27.3. The Bertz CT molecular complexity index is 905. The van der Waals surface area contributed by atoms with Crippen molar-refractivity contribution in [2.75, 3.05) is 26.7 Å². The highest BCUT2D eigenvalue weighted by Gasteiger charge is 2.45. The Morgan fingerprint density at radius 1 is 1.17 bits per heavy atom. The number of benzene rings is 1. The van der Waals surface area contributed by atoms with E-state index < -0.39 is 0 Å². The highest BCUT2D eigenvalue weighted by atomic mass is 16.2. The summed E-state index contributed by atoms with van der Waals surface area (Å²) in [6, 6.07) is 10.8. The predicted molar refractivity (Wildman–Crippen MR) is 118 cm³/mol. The monoisotopic (exact) mass is 404 g/mol. The van der Waals surface area contributed by atoms with Gasteiger partial charge in [-0.3, -0.25) is 9.69 Å². The molecule has 0 radical (unpaired) electrons. The molecule has 1 saturated carbocycles. The van der Waals surface area contributed by atoms with E-state index in [0.29, 0.717) is 12.6 Å². The minimum Gasteiger partial charge on any atom is -0.341 e. The number of likely N-dealkylation sites (tertiary alicyclic amines) is 1. The maximum Gasteiger partial charge on any atom is 0.236 e. The van der Waals surface area contributed by atoms with Gasteiger partial charge in [0.15, 0.2) is 5.82 Å². The van der Waals surface area contributed by atoms with E-state index in [0.717, 1.165) is 50.2 Å². The molecule has 5 rings (SSSR count). The third kappa shape index (κ3) is 3.64. The van der Waals surface area contributed by atoms with Gasteiger partial charge in [0.25, 0.3) is 0 Å². The fourth-order valence-electron chi connectivity index (χ4n) is 5.80. The lowest BCUT2D eigenvalue weighted by Crippen LogP contribution is -2.51. The lowest BCUT2D eigenvalue weighted by atomic mass is 9.77. The molecule has 158 valence electrons. The molecule has 0 N–H and O–H groups in total. The number of aromatic nitrogens is 2. The van der Waals surface area contributed by atoms with Gasteiger partial charge in [-0.25, -0.2) is 9.97 Å². The van der Waals surface area contributed by atoms with E-state index in [9.17, 15) is 4.79 Å². The predicted octanol–water partition coefficient (Wildman–Crippen LogP) is 3.82. The normalized spacial score (nSPS) is 24.0. The first kappa shape index (κ1) is 19.7. The summed E-state index contributed by atoms with van der Waals surface area (Å²) in [5, 5.41) is 0. The summed E-state index contributed by atoms with van der Waals surface area (Å²) in [6.07, 6.45) is 11.4. The second-order valence-corrected chi connectivity index (χ2v) is 9.49. The van der Waals surface area contributed by atoms with Crippen LogP contribution in [-0.2, 0) is 16.6 Å². The summed E-state index contributed by atoms with van der Waals surface area (Å²) < 4.78 is 0. The maximum absolute atomic E-state index is 13.2. The Morgan fingerprint density at radius 2 is 1.97 bits per heavy atom.